The number of nitrogens with zero attached hydrogens (tertiary/aromatic N) is 4. The average Bonchev–Trinajstić information content (AvgIpc) is 3.63. The van der Waals surface area contributed by atoms with E-state index in [-0.39, 0.29) is 34.9 Å². The van der Waals surface area contributed by atoms with Gasteiger partial charge in [0.1, 0.15) is 11.9 Å². The van der Waals surface area contributed by atoms with Crippen molar-refractivity contribution in [2.24, 2.45) is 17.3 Å². The van der Waals surface area contributed by atoms with Crippen LogP contribution in [0.2, 0.25) is 10.0 Å². The number of Topliss-reactive ketones (excluding diaryl/α,β-unsaturated/α-hetero) is 1. The quantitative estimate of drug-likeness (QED) is 0.309. The Morgan fingerprint density at radius 2 is 1.95 bits per heavy atom. The van der Waals surface area contributed by atoms with E-state index < -0.39 is 6.04 Å². The fourth-order valence-electron chi connectivity index (χ4n) is 6.13. The fourth-order valence-corrected chi connectivity index (χ4v) is 7.53. The number of likely N-dealkylation sites (tertiary alicyclic amines) is 1. The lowest BCUT2D eigenvalue weighted by molar-refractivity contribution is -0.139. The van der Waals surface area contributed by atoms with Crippen LogP contribution in [-0.2, 0) is 9.59 Å². The number of carbonyl (C=O) groups is 2. The summed E-state index contributed by atoms with van der Waals surface area (Å²) in [5.41, 5.74) is 1.36. The van der Waals surface area contributed by atoms with Gasteiger partial charge in [0.15, 0.2) is 5.78 Å². The number of anilines is 1. The third kappa shape index (κ3) is 5.79. The molecule has 1 N–H and O–H groups in total. The van der Waals surface area contributed by atoms with Crippen LogP contribution in [0.3, 0.4) is 0 Å². The smallest absolute Gasteiger partial charge is 0.229 e. The van der Waals surface area contributed by atoms with Gasteiger partial charge in [-0.05, 0) is 55.5 Å². The van der Waals surface area contributed by atoms with Crippen molar-refractivity contribution in [2.45, 2.75) is 37.6 Å². The highest BCUT2D eigenvalue weighted by molar-refractivity contribution is 14.1. The number of likely N-dealkylation sites (N-methyl/N-ethyl adjacent to an activating group) is 1. The normalized spacial score (nSPS) is 23.2. The zero-order valence-corrected chi connectivity index (χ0v) is 25.5. The summed E-state index contributed by atoms with van der Waals surface area (Å²) in [5, 5.41) is 13.7. The maximum Gasteiger partial charge on any atom is 0.229 e. The van der Waals surface area contributed by atoms with E-state index in [1.165, 1.54) is 0 Å². The van der Waals surface area contributed by atoms with Crippen LogP contribution in [0.5, 0.6) is 0 Å². The Hall–Kier alpha value is -1.93. The maximum atomic E-state index is 14.4. The standard InChI is InChI=1S/C29H32Cl2IN5O2/c1-36(25-5-2-18(13-33)14-35-25)26(22-16-34-15-21(22)20-3-4-23(30)24(31)12-20)27(38)19-6-10-37(11-7-19)28(39)29(17-32)8-9-29/h2-5,12,14,19,21-22,26,34H,6-11,15-17H2,1H3/t21-,22-,26?/m1/s1. The van der Waals surface area contributed by atoms with Crippen LogP contribution in [0.25, 0.3) is 0 Å². The first-order valence-electron chi connectivity index (χ1n) is 13.4. The van der Waals surface area contributed by atoms with Crippen LogP contribution in [-0.4, -0.2) is 65.3 Å². The highest BCUT2D eigenvalue weighted by Gasteiger charge is 2.51. The lowest BCUT2D eigenvalue weighted by Crippen LogP contribution is -2.52. The van der Waals surface area contributed by atoms with Crippen molar-refractivity contribution < 1.29 is 9.59 Å². The van der Waals surface area contributed by atoms with Gasteiger partial charge in [-0.3, -0.25) is 9.59 Å². The number of hydrogen-bond donors (Lipinski definition) is 1. The number of nitrogens with one attached hydrogen (secondary N) is 1. The van der Waals surface area contributed by atoms with E-state index in [1.807, 2.05) is 35.0 Å². The summed E-state index contributed by atoms with van der Waals surface area (Å²) in [6, 6.07) is 10.9. The molecular weight excluding hydrogens is 648 g/mol. The second-order valence-electron chi connectivity index (χ2n) is 11.1. The first-order valence-corrected chi connectivity index (χ1v) is 15.7. The Kier molecular flexibility index (Phi) is 8.72. The molecule has 0 bridgehead atoms. The highest BCUT2D eigenvalue weighted by atomic mass is 127. The van der Waals surface area contributed by atoms with Gasteiger partial charge in [-0.25, -0.2) is 4.98 Å². The van der Waals surface area contributed by atoms with Gasteiger partial charge in [-0.1, -0.05) is 51.9 Å². The molecule has 1 saturated carbocycles. The predicted molar refractivity (Wildman–Crippen MR) is 162 cm³/mol. The van der Waals surface area contributed by atoms with Gasteiger partial charge in [0.2, 0.25) is 5.91 Å². The number of ketones is 1. The zero-order valence-electron chi connectivity index (χ0n) is 21.9. The Morgan fingerprint density at radius 1 is 1.21 bits per heavy atom. The largest absolute Gasteiger partial charge is 0.349 e. The zero-order chi connectivity index (χ0) is 27.7. The molecule has 3 atom stereocenters. The molecule has 1 aliphatic carbocycles. The summed E-state index contributed by atoms with van der Waals surface area (Å²) < 4.78 is 0.859. The monoisotopic (exact) mass is 679 g/mol. The molecular formula is C29H32Cl2IN5O2. The third-order valence-corrected chi connectivity index (χ3v) is 10.9. The molecule has 0 spiro atoms. The summed E-state index contributed by atoms with van der Waals surface area (Å²) >= 11 is 14.9. The molecule has 39 heavy (non-hydrogen) atoms. The summed E-state index contributed by atoms with van der Waals surface area (Å²) in [4.78, 5) is 35.9. The summed E-state index contributed by atoms with van der Waals surface area (Å²) in [5.74, 6) is 1.00. The van der Waals surface area contributed by atoms with E-state index in [4.69, 9.17) is 23.2 Å². The van der Waals surface area contributed by atoms with Crippen molar-refractivity contribution in [2.75, 3.05) is 42.6 Å². The third-order valence-electron chi connectivity index (χ3n) is 8.73. The Bertz CT molecular complexity index is 1270. The van der Waals surface area contributed by atoms with E-state index in [2.05, 4.69) is 39.0 Å². The minimum absolute atomic E-state index is 0.0226. The number of halogens is 3. The van der Waals surface area contributed by atoms with Crippen LogP contribution in [0.1, 0.15) is 42.7 Å². The summed E-state index contributed by atoms with van der Waals surface area (Å²) in [7, 11) is 1.91. The maximum absolute atomic E-state index is 14.4. The number of piperidine rings is 1. The van der Waals surface area contributed by atoms with Gasteiger partial charge in [0.05, 0.1) is 27.1 Å². The SMILES string of the molecule is CN(c1ccc(C#N)cn1)C(C(=O)C1CCN(C(=O)C2(CI)CC2)CC1)[C@@H]1CNC[C@@H]1c1ccc(Cl)c(Cl)c1. The van der Waals surface area contributed by atoms with Crippen molar-refractivity contribution in [1.29, 1.82) is 5.26 Å². The van der Waals surface area contributed by atoms with E-state index in [1.54, 1.807) is 18.3 Å². The molecule has 0 radical (unpaired) electrons. The number of benzene rings is 1. The fraction of sp³-hybridized carbons (Fsp3) is 0.517. The Balaban J connectivity index is 1.40. The lowest BCUT2D eigenvalue weighted by atomic mass is 9.77. The molecule has 2 aliphatic heterocycles. The van der Waals surface area contributed by atoms with Crippen molar-refractivity contribution in [1.82, 2.24) is 15.2 Å². The molecule has 3 heterocycles. The van der Waals surface area contributed by atoms with E-state index in [0.717, 1.165) is 29.4 Å². The number of carbonyl (C=O) groups excluding carboxylic acids is 2. The number of hydrogen-bond acceptors (Lipinski definition) is 6. The van der Waals surface area contributed by atoms with Crippen molar-refractivity contribution in [3.05, 3.63) is 57.7 Å². The number of nitriles is 1. The Morgan fingerprint density at radius 3 is 2.54 bits per heavy atom. The molecule has 1 unspecified atom stereocenters. The lowest BCUT2D eigenvalue weighted by Gasteiger charge is -2.39. The second-order valence-corrected chi connectivity index (χ2v) is 12.6. The second kappa shape index (κ2) is 11.9. The van der Waals surface area contributed by atoms with Gasteiger partial charge in [-0.2, -0.15) is 5.26 Å². The van der Waals surface area contributed by atoms with Gasteiger partial charge in [-0.15, -0.1) is 0 Å². The minimum Gasteiger partial charge on any atom is -0.349 e. The molecule has 10 heteroatoms. The van der Waals surface area contributed by atoms with Crippen LogP contribution in [0.15, 0.2) is 36.5 Å². The minimum atomic E-state index is -0.434. The van der Waals surface area contributed by atoms with E-state index in [0.29, 0.717) is 53.9 Å². The topological polar surface area (TPSA) is 89.3 Å². The summed E-state index contributed by atoms with van der Waals surface area (Å²) in [6.45, 7) is 2.65. The number of pyridine rings is 1. The molecule has 7 nitrogen and oxygen atoms in total. The molecule has 1 aromatic heterocycles. The van der Waals surface area contributed by atoms with Crippen molar-refractivity contribution >= 4 is 63.3 Å². The number of amides is 1. The van der Waals surface area contributed by atoms with Gasteiger partial charge in [0.25, 0.3) is 0 Å². The van der Waals surface area contributed by atoms with Crippen molar-refractivity contribution in [3.63, 3.8) is 0 Å². The van der Waals surface area contributed by atoms with Crippen LogP contribution in [0, 0.1) is 28.6 Å². The molecule has 2 saturated heterocycles. The molecule has 1 amide bonds. The van der Waals surface area contributed by atoms with Crippen LogP contribution in [0.4, 0.5) is 5.82 Å². The molecule has 1 aromatic carbocycles. The van der Waals surface area contributed by atoms with Crippen LogP contribution >= 0.6 is 45.8 Å². The average molecular weight is 680 g/mol. The van der Waals surface area contributed by atoms with Crippen LogP contribution < -0.4 is 10.2 Å². The first kappa shape index (κ1) is 28.6. The van der Waals surface area contributed by atoms with Gasteiger partial charge in [0, 0.05) is 61.6 Å². The van der Waals surface area contributed by atoms with Gasteiger partial charge >= 0.3 is 0 Å². The molecule has 5 rings (SSSR count). The number of alkyl halides is 1. The van der Waals surface area contributed by atoms with E-state index >= 15 is 0 Å². The van der Waals surface area contributed by atoms with Crippen molar-refractivity contribution in [3.8, 4) is 6.07 Å². The molecule has 3 fully saturated rings. The molecule has 2 aromatic rings. The summed E-state index contributed by atoms with van der Waals surface area (Å²) in [6.07, 6.45) is 4.84. The molecule has 206 valence electrons. The highest BCUT2D eigenvalue weighted by Crippen LogP contribution is 2.49. The van der Waals surface area contributed by atoms with Gasteiger partial charge < -0.3 is 15.1 Å². The molecule has 3 aliphatic rings. The predicted octanol–water partition coefficient (Wildman–Crippen LogP) is 5.09. The number of aromatic nitrogens is 1. The Labute approximate surface area is 253 Å². The number of rotatable bonds is 8. The van der Waals surface area contributed by atoms with E-state index in [9.17, 15) is 14.9 Å². The first-order chi connectivity index (χ1) is 18.8.